The van der Waals surface area contributed by atoms with Gasteiger partial charge in [0.05, 0.1) is 6.61 Å². The van der Waals surface area contributed by atoms with Crippen LogP contribution in [0.15, 0.2) is 53.7 Å². The maximum absolute atomic E-state index is 5.96. The molecule has 0 radical (unpaired) electrons. The van der Waals surface area contributed by atoms with Crippen molar-refractivity contribution in [2.24, 2.45) is 10.9 Å². The van der Waals surface area contributed by atoms with Gasteiger partial charge in [0.1, 0.15) is 5.75 Å². The first-order valence-corrected chi connectivity index (χ1v) is 8.90. The van der Waals surface area contributed by atoms with E-state index in [9.17, 15) is 0 Å². The Labute approximate surface area is 149 Å². The minimum absolute atomic E-state index is 0.685. The number of benzene rings is 1. The molecule has 0 atom stereocenters. The van der Waals surface area contributed by atoms with Gasteiger partial charge < -0.3 is 15.4 Å². The van der Waals surface area contributed by atoms with Gasteiger partial charge in [-0.2, -0.15) is 0 Å². The van der Waals surface area contributed by atoms with Crippen LogP contribution < -0.4 is 15.4 Å². The Morgan fingerprint density at radius 1 is 1.16 bits per heavy atom. The number of pyridine rings is 1. The predicted molar refractivity (Wildman–Crippen MR) is 101 cm³/mol. The Hall–Kier alpha value is -2.56. The van der Waals surface area contributed by atoms with E-state index in [1.54, 1.807) is 7.05 Å². The van der Waals surface area contributed by atoms with Crippen LogP contribution in [0, 0.1) is 5.92 Å². The minimum Gasteiger partial charge on any atom is -0.493 e. The first-order valence-electron chi connectivity index (χ1n) is 8.90. The fourth-order valence-corrected chi connectivity index (χ4v) is 2.54. The molecule has 2 N–H and O–H groups in total. The smallest absolute Gasteiger partial charge is 0.191 e. The molecule has 1 fully saturated rings. The van der Waals surface area contributed by atoms with Gasteiger partial charge in [-0.1, -0.05) is 24.3 Å². The number of para-hydroxylation sites is 1. The van der Waals surface area contributed by atoms with Gasteiger partial charge in [0, 0.05) is 44.0 Å². The molecule has 5 nitrogen and oxygen atoms in total. The topological polar surface area (TPSA) is 58.5 Å². The van der Waals surface area contributed by atoms with Crippen molar-refractivity contribution in [3.8, 4) is 5.75 Å². The summed E-state index contributed by atoms with van der Waals surface area (Å²) in [6.45, 7) is 2.30. The highest BCUT2D eigenvalue weighted by Crippen LogP contribution is 2.30. The van der Waals surface area contributed by atoms with Crippen LogP contribution in [0.3, 0.4) is 0 Å². The number of hydrogen-bond acceptors (Lipinski definition) is 3. The molecule has 1 aromatic carbocycles. The lowest BCUT2D eigenvalue weighted by Crippen LogP contribution is -2.38. The number of hydrogen-bond donors (Lipinski definition) is 2. The van der Waals surface area contributed by atoms with Gasteiger partial charge in [-0.05, 0) is 37.0 Å². The van der Waals surface area contributed by atoms with Crippen LogP contribution in [0.2, 0.25) is 0 Å². The van der Waals surface area contributed by atoms with E-state index in [1.165, 1.54) is 12.8 Å². The fraction of sp³-hybridized carbons (Fsp3) is 0.400. The van der Waals surface area contributed by atoms with Crippen LogP contribution in [0.1, 0.15) is 24.1 Å². The largest absolute Gasteiger partial charge is 0.493 e. The molecule has 2 aromatic rings. The molecule has 1 aromatic heterocycles. The van der Waals surface area contributed by atoms with E-state index in [0.29, 0.717) is 6.54 Å². The minimum atomic E-state index is 0.685. The highest BCUT2D eigenvalue weighted by molar-refractivity contribution is 5.79. The SMILES string of the molecule is CN=C(NCCc1ccccn1)NCc1ccccc1OCC1CC1. The number of aromatic nitrogens is 1. The third-order valence-electron chi connectivity index (χ3n) is 4.21. The van der Waals surface area contributed by atoms with Gasteiger partial charge in [-0.15, -0.1) is 0 Å². The predicted octanol–water partition coefficient (Wildman–Crippen LogP) is 2.78. The zero-order chi connectivity index (χ0) is 17.3. The van der Waals surface area contributed by atoms with Gasteiger partial charge in [0.15, 0.2) is 5.96 Å². The van der Waals surface area contributed by atoms with Crippen LogP contribution in [0.25, 0.3) is 0 Å². The molecule has 1 aliphatic rings. The summed E-state index contributed by atoms with van der Waals surface area (Å²) in [5.74, 6) is 2.50. The summed E-state index contributed by atoms with van der Waals surface area (Å²) in [6, 6.07) is 14.2. The van der Waals surface area contributed by atoms with Gasteiger partial charge in [0.25, 0.3) is 0 Å². The lowest BCUT2D eigenvalue weighted by atomic mass is 10.2. The molecule has 25 heavy (non-hydrogen) atoms. The van der Waals surface area contributed by atoms with Crippen LogP contribution in [0.4, 0.5) is 0 Å². The quantitative estimate of drug-likeness (QED) is 0.574. The molecule has 0 unspecified atom stereocenters. The molecular weight excluding hydrogens is 312 g/mol. The van der Waals surface area contributed by atoms with E-state index >= 15 is 0 Å². The summed E-state index contributed by atoms with van der Waals surface area (Å²) in [7, 11) is 1.78. The van der Waals surface area contributed by atoms with Crippen LogP contribution in [-0.2, 0) is 13.0 Å². The Morgan fingerprint density at radius 2 is 2.00 bits per heavy atom. The molecule has 1 saturated carbocycles. The molecule has 0 saturated heterocycles. The van der Waals surface area contributed by atoms with Crippen molar-refractivity contribution in [1.82, 2.24) is 15.6 Å². The Bertz CT molecular complexity index is 683. The zero-order valence-corrected chi connectivity index (χ0v) is 14.7. The molecule has 3 rings (SSSR count). The first kappa shape index (κ1) is 17.3. The average Bonchev–Trinajstić information content (AvgIpc) is 3.49. The maximum Gasteiger partial charge on any atom is 0.191 e. The van der Waals surface area contributed by atoms with Gasteiger partial charge in [0.2, 0.25) is 0 Å². The molecular formula is C20H26N4O. The van der Waals surface area contributed by atoms with Crippen LogP contribution in [-0.4, -0.2) is 31.1 Å². The van der Waals surface area contributed by atoms with Crippen molar-refractivity contribution in [1.29, 1.82) is 0 Å². The Kier molecular flexibility index (Phi) is 6.26. The molecule has 5 heteroatoms. The van der Waals surface area contributed by atoms with Crippen molar-refractivity contribution in [2.75, 3.05) is 20.2 Å². The molecule has 0 aliphatic heterocycles. The summed E-state index contributed by atoms with van der Waals surface area (Å²) in [6.07, 6.45) is 5.28. The average molecular weight is 338 g/mol. The summed E-state index contributed by atoms with van der Waals surface area (Å²) in [5.41, 5.74) is 2.22. The standard InChI is InChI=1S/C20H26N4O/c1-21-20(23-13-11-18-7-4-5-12-22-18)24-14-17-6-2-3-8-19(17)25-15-16-9-10-16/h2-8,12,16H,9-11,13-15H2,1H3,(H2,21,23,24). The molecule has 0 amide bonds. The zero-order valence-electron chi connectivity index (χ0n) is 14.7. The third kappa shape index (κ3) is 5.78. The van der Waals surface area contributed by atoms with Crippen LogP contribution in [0.5, 0.6) is 5.75 Å². The van der Waals surface area contributed by atoms with Crippen molar-refractivity contribution in [2.45, 2.75) is 25.8 Å². The Balaban J connectivity index is 1.46. The second kappa shape index (κ2) is 9.06. The van der Waals surface area contributed by atoms with E-state index < -0.39 is 0 Å². The van der Waals surface area contributed by atoms with E-state index in [0.717, 1.165) is 48.5 Å². The lowest BCUT2D eigenvalue weighted by molar-refractivity contribution is 0.296. The van der Waals surface area contributed by atoms with Crippen molar-refractivity contribution in [3.05, 3.63) is 59.9 Å². The third-order valence-corrected chi connectivity index (χ3v) is 4.21. The lowest BCUT2D eigenvalue weighted by Gasteiger charge is -2.14. The van der Waals surface area contributed by atoms with Crippen LogP contribution >= 0.6 is 0 Å². The van der Waals surface area contributed by atoms with Crippen molar-refractivity contribution < 1.29 is 4.74 Å². The first-order chi connectivity index (χ1) is 12.3. The summed E-state index contributed by atoms with van der Waals surface area (Å²) < 4.78 is 5.96. The second-order valence-corrected chi connectivity index (χ2v) is 6.29. The molecule has 1 aliphatic carbocycles. The number of rotatable bonds is 8. The number of guanidine groups is 1. The van der Waals surface area contributed by atoms with Crippen molar-refractivity contribution >= 4 is 5.96 Å². The number of nitrogens with zero attached hydrogens (tertiary/aromatic N) is 2. The molecule has 0 spiro atoms. The molecule has 1 heterocycles. The van der Waals surface area contributed by atoms with E-state index in [-0.39, 0.29) is 0 Å². The Morgan fingerprint density at radius 3 is 2.76 bits per heavy atom. The normalized spacial score (nSPS) is 14.2. The van der Waals surface area contributed by atoms with Gasteiger partial charge >= 0.3 is 0 Å². The van der Waals surface area contributed by atoms with E-state index in [4.69, 9.17) is 4.74 Å². The maximum atomic E-state index is 5.96. The summed E-state index contributed by atoms with van der Waals surface area (Å²) in [5, 5.41) is 6.68. The van der Waals surface area contributed by atoms with E-state index in [2.05, 4.69) is 26.7 Å². The van der Waals surface area contributed by atoms with Gasteiger partial charge in [-0.25, -0.2) is 0 Å². The monoisotopic (exact) mass is 338 g/mol. The molecule has 132 valence electrons. The van der Waals surface area contributed by atoms with Crippen molar-refractivity contribution in [3.63, 3.8) is 0 Å². The van der Waals surface area contributed by atoms with E-state index in [1.807, 2.05) is 42.6 Å². The number of aliphatic imine (C=N–C) groups is 1. The number of ether oxygens (including phenoxy) is 1. The summed E-state index contributed by atoms with van der Waals surface area (Å²) in [4.78, 5) is 8.61. The molecule has 0 bridgehead atoms. The van der Waals surface area contributed by atoms with Gasteiger partial charge in [-0.3, -0.25) is 9.98 Å². The fourth-order valence-electron chi connectivity index (χ4n) is 2.54. The second-order valence-electron chi connectivity index (χ2n) is 6.29. The highest BCUT2D eigenvalue weighted by Gasteiger charge is 2.22. The highest BCUT2D eigenvalue weighted by atomic mass is 16.5. The summed E-state index contributed by atoms with van der Waals surface area (Å²) >= 11 is 0. The number of nitrogens with one attached hydrogen (secondary N) is 2.